The van der Waals surface area contributed by atoms with Crippen LogP contribution in [0, 0.1) is 0 Å². The Bertz CT molecular complexity index is 1010. The van der Waals surface area contributed by atoms with Crippen molar-refractivity contribution < 1.29 is 22.7 Å². The van der Waals surface area contributed by atoms with Crippen molar-refractivity contribution in [2.45, 2.75) is 19.0 Å². The molecule has 1 amide bonds. The highest BCUT2D eigenvalue weighted by molar-refractivity contribution is 5.99. The number of rotatable bonds is 3. The summed E-state index contributed by atoms with van der Waals surface area (Å²) in [7, 11) is 0. The first-order valence-corrected chi connectivity index (χ1v) is 8.36. The van der Waals surface area contributed by atoms with Gasteiger partial charge in [0.25, 0.3) is 5.91 Å². The highest BCUT2D eigenvalue weighted by Crippen LogP contribution is 2.32. The van der Waals surface area contributed by atoms with E-state index in [-0.39, 0.29) is 18.2 Å². The number of nitrogens with zero attached hydrogens (tertiary/aromatic N) is 2. The maximum atomic E-state index is 12.4. The van der Waals surface area contributed by atoms with Crippen LogP contribution in [0.5, 0.6) is 5.75 Å². The van der Waals surface area contributed by atoms with Gasteiger partial charge >= 0.3 is 6.18 Å². The number of aromatic nitrogens is 3. The number of aromatic amines is 1. The molecule has 3 heterocycles. The second kappa shape index (κ2) is 6.57. The van der Waals surface area contributed by atoms with E-state index in [0.717, 1.165) is 11.1 Å². The van der Waals surface area contributed by atoms with E-state index in [0.29, 0.717) is 35.5 Å². The maximum absolute atomic E-state index is 12.4. The summed E-state index contributed by atoms with van der Waals surface area (Å²) >= 11 is 0. The lowest BCUT2D eigenvalue weighted by Crippen LogP contribution is -2.24. The molecule has 0 aliphatic carbocycles. The van der Waals surface area contributed by atoms with E-state index in [1.54, 1.807) is 24.4 Å². The maximum Gasteiger partial charge on any atom is 0.389 e. The van der Waals surface area contributed by atoms with Crippen molar-refractivity contribution in [3.8, 4) is 16.9 Å². The van der Waals surface area contributed by atoms with Gasteiger partial charge in [-0.05, 0) is 17.7 Å². The van der Waals surface area contributed by atoms with Gasteiger partial charge in [-0.15, -0.1) is 0 Å². The molecule has 0 fully saturated rings. The topological polar surface area (TPSA) is 79.9 Å². The number of alkyl halides is 3. The summed E-state index contributed by atoms with van der Waals surface area (Å²) in [6, 6.07) is 5.23. The monoisotopic (exact) mass is 376 g/mol. The molecule has 1 aliphatic rings. The second-order valence-electron chi connectivity index (χ2n) is 6.18. The molecule has 27 heavy (non-hydrogen) atoms. The van der Waals surface area contributed by atoms with Gasteiger partial charge in [-0.3, -0.25) is 4.79 Å². The summed E-state index contributed by atoms with van der Waals surface area (Å²) in [6.07, 6.45) is -2.25. The normalized spacial score (nSPS) is 14.4. The van der Waals surface area contributed by atoms with Gasteiger partial charge < -0.3 is 15.0 Å². The Kier molecular flexibility index (Phi) is 4.21. The van der Waals surface area contributed by atoms with Crippen LogP contribution in [0.3, 0.4) is 0 Å². The zero-order chi connectivity index (χ0) is 19.0. The summed E-state index contributed by atoms with van der Waals surface area (Å²) in [4.78, 5) is 23.2. The average molecular weight is 376 g/mol. The van der Waals surface area contributed by atoms with Gasteiger partial charge in [0.1, 0.15) is 23.8 Å². The molecular weight excluding hydrogens is 361 g/mol. The number of hydrogen-bond acceptors (Lipinski definition) is 4. The van der Waals surface area contributed by atoms with Gasteiger partial charge in [0.05, 0.1) is 18.5 Å². The summed E-state index contributed by atoms with van der Waals surface area (Å²) in [5.74, 6) is 0.431. The van der Waals surface area contributed by atoms with Crippen LogP contribution in [0.25, 0.3) is 22.2 Å². The van der Waals surface area contributed by atoms with Crippen LogP contribution in [-0.4, -0.2) is 40.2 Å². The standard InChI is InChI=1S/C18H15F3N4O2/c19-18(20,21)4-3-15-23-9-13-12(8-24-16(13)25-15)10-1-2-11-14(7-10)27-6-5-22-17(11)26/h1-2,7-9H,3-6H2,(H,22,26)(H,23,24,25). The van der Waals surface area contributed by atoms with E-state index < -0.39 is 12.6 Å². The molecule has 3 aromatic rings. The van der Waals surface area contributed by atoms with Gasteiger partial charge in [0, 0.05) is 29.8 Å². The van der Waals surface area contributed by atoms with Crippen LogP contribution in [-0.2, 0) is 6.42 Å². The quantitative estimate of drug-likeness (QED) is 0.736. The third-order valence-electron chi connectivity index (χ3n) is 4.30. The molecule has 0 saturated heterocycles. The molecule has 0 bridgehead atoms. The summed E-state index contributed by atoms with van der Waals surface area (Å²) < 4.78 is 42.7. The van der Waals surface area contributed by atoms with Crippen LogP contribution in [0.1, 0.15) is 22.6 Å². The molecule has 0 atom stereocenters. The van der Waals surface area contributed by atoms with Gasteiger partial charge in [0.15, 0.2) is 0 Å². The van der Waals surface area contributed by atoms with Crippen molar-refractivity contribution in [3.63, 3.8) is 0 Å². The number of carbonyl (C=O) groups is 1. The smallest absolute Gasteiger partial charge is 0.389 e. The Morgan fingerprint density at radius 2 is 2.07 bits per heavy atom. The zero-order valence-electron chi connectivity index (χ0n) is 14.1. The molecule has 1 aromatic carbocycles. The molecule has 0 spiro atoms. The molecule has 0 unspecified atom stereocenters. The molecule has 2 aromatic heterocycles. The Hall–Kier alpha value is -3.10. The van der Waals surface area contributed by atoms with E-state index in [2.05, 4.69) is 20.3 Å². The number of nitrogens with one attached hydrogen (secondary N) is 2. The number of carbonyl (C=O) groups excluding carboxylic acids is 1. The first-order valence-electron chi connectivity index (χ1n) is 8.36. The van der Waals surface area contributed by atoms with E-state index in [9.17, 15) is 18.0 Å². The highest BCUT2D eigenvalue weighted by atomic mass is 19.4. The predicted octanol–water partition coefficient (Wildman–Crippen LogP) is 3.24. The van der Waals surface area contributed by atoms with Gasteiger partial charge in [0.2, 0.25) is 0 Å². The molecule has 1 aliphatic heterocycles. The van der Waals surface area contributed by atoms with Crippen molar-refractivity contribution in [2.24, 2.45) is 0 Å². The number of fused-ring (bicyclic) bond motifs is 2. The van der Waals surface area contributed by atoms with Crippen LogP contribution < -0.4 is 10.1 Å². The number of amides is 1. The minimum atomic E-state index is -4.24. The number of hydrogen-bond donors (Lipinski definition) is 2. The summed E-state index contributed by atoms with van der Waals surface area (Å²) in [5, 5.41) is 3.43. The lowest BCUT2D eigenvalue weighted by Gasteiger charge is -2.08. The fourth-order valence-corrected chi connectivity index (χ4v) is 2.97. The zero-order valence-corrected chi connectivity index (χ0v) is 14.1. The first-order chi connectivity index (χ1) is 12.9. The van der Waals surface area contributed by atoms with E-state index in [1.807, 2.05) is 0 Å². The van der Waals surface area contributed by atoms with Crippen LogP contribution in [0.4, 0.5) is 13.2 Å². The number of aryl methyl sites for hydroxylation is 1. The molecule has 2 N–H and O–H groups in total. The van der Waals surface area contributed by atoms with Crippen LogP contribution >= 0.6 is 0 Å². The Morgan fingerprint density at radius 3 is 2.89 bits per heavy atom. The Balaban J connectivity index is 1.66. The van der Waals surface area contributed by atoms with Crippen molar-refractivity contribution in [1.82, 2.24) is 20.3 Å². The second-order valence-corrected chi connectivity index (χ2v) is 6.18. The molecule has 0 radical (unpaired) electrons. The molecule has 9 heteroatoms. The van der Waals surface area contributed by atoms with E-state index in [4.69, 9.17) is 4.74 Å². The molecule has 6 nitrogen and oxygen atoms in total. The van der Waals surface area contributed by atoms with Gasteiger partial charge in [-0.2, -0.15) is 13.2 Å². The largest absolute Gasteiger partial charge is 0.491 e. The van der Waals surface area contributed by atoms with Gasteiger partial charge in [-0.25, -0.2) is 9.97 Å². The minimum Gasteiger partial charge on any atom is -0.491 e. The van der Waals surface area contributed by atoms with Crippen molar-refractivity contribution in [3.05, 3.63) is 42.0 Å². The third kappa shape index (κ3) is 3.57. The number of halogens is 3. The number of benzene rings is 1. The molecular formula is C18H15F3N4O2. The van der Waals surface area contributed by atoms with Gasteiger partial charge in [-0.1, -0.05) is 6.07 Å². The summed E-state index contributed by atoms with van der Waals surface area (Å²) in [5.41, 5.74) is 2.50. The Labute approximate surface area is 151 Å². The minimum absolute atomic E-state index is 0.134. The average Bonchev–Trinajstić information content (AvgIpc) is 2.96. The SMILES string of the molecule is O=C1NCCOc2cc(-c3c[nH]c4nc(CCC(F)(F)F)ncc34)ccc21. The molecule has 140 valence electrons. The van der Waals surface area contributed by atoms with Crippen molar-refractivity contribution in [2.75, 3.05) is 13.2 Å². The van der Waals surface area contributed by atoms with Crippen LogP contribution in [0.15, 0.2) is 30.6 Å². The first kappa shape index (κ1) is 17.3. The highest BCUT2D eigenvalue weighted by Gasteiger charge is 2.27. The fourth-order valence-electron chi connectivity index (χ4n) is 2.97. The molecule has 0 saturated carbocycles. The van der Waals surface area contributed by atoms with E-state index in [1.165, 1.54) is 6.20 Å². The van der Waals surface area contributed by atoms with E-state index >= 15 is 0 Å². The predicted molar refractivity (Wildman–Crippen MR) is 91.5 cm³/mol. The van der Waals surface area contributed by atoms with Crippen molar-refractivity contribution in [1.29, 1.82) is 0 Å². The number of ether oxygens (including phenoxy) is 1. The number of H-pyrrole nitrogens is 1. The Morgan fingerprint density at radius 1 is 1.22 bits per heavy atom. The summed E-state index contributed by atoms with van der Waals surface area (Å²) in [6.45, 7) is 0.812. The lowest BCUT2D eigenvalue weighted by atomic mass is 10.0. The van der Waals surface area contributed by atoms with Crippen molar-refractivity contribution >= 4 is 16.9 Å². The fraction of sp³-hybridized carbons (Fsp3) is 0.278. The molecule has 4 rings (SSSR count). The lowest BCUT2D eigenvalue weighted by molar-refractivity contribution is -0.134. The third-order valence-corrected chi connectivity index (χ3v) is 4.30. The van der Waals surface area contributed by atoms with Crippen LogP contribution in [0.2, 0.25) is 0 Å².